The number of rotatable bonds is 6. The topological polar surface area (TPSA) is 20.3 Å². The number of hydrogen-bond donors (Lipinski definition) is 0. The Hall–Kier alpha value is -0.240. The van der Waals surface area contributed by atoms with Crippen molar-refractivity contribution < 1.29 is 4.79 Å². The Balaban J connectivity index is 1.72. The van der Waals surface area contributed by atoms with Crippen molar-refractivity contribution in [2.75, 3.05) is 12.4 Å². The fraction of sp³-hybridized carbons (Fsp3) is 0.933. The first-order chi connectivity index (χ1) is 8.81. The fourth-order valence-corrected chi connectivity index (χ4v) is 3.70. The second kappa shape index (κ2) is 7.37. The van der Waals surface area contributed by atoms with Crippen LogP contribution in [-0.2, 0) is 4.79 Å². The van der Waals surface area contributed by atoms with Gasteiger partial charge in [0.25, 0.3) is 0 Å². The zero-order valence-electron chi connectivity index (χ0n) is 11.4. The van der Waals surface area contributed by atoms with Crippen molar-refractivity contribution >= 4 is 17.5 Å². The molecule has 1 aliphatic heterocycles. The van der Waals surface area contributed by atoms with Crippen molar-refractivity contribution in [2.24, 2.45) is 5.92 Å². The van der Waals surface area contributed by atoms with Crippen LogP contribution in [-0.4, -0.2) is 29.3 Å². The van der Waals surface area contributed by atoms with Crippen LogP contribution in [0.25, 0.3) is 0 Å². The molecule has 2 aliphatic rings. The van der Waals surface area contributed by atoms with E-state index in [1.807, 2.05) is 0 Å². The number of hydrogen-bond acceptors (Lipinski definition) is 1. The third-order valence-electron chi connectivity index (χ3n) is 4.61. The number of carbonyl (C=O) groups excluding carboxylic acids is 1. The van der Waals surface area contributed by atoms with Gasteiger partial charge in [-0.3, -0.25) is 4.79 Å². The largest absolute Gasteiger partial charge is 0.340 e. The molecule has 2 nitrogen and oxygen atoms in total. The van der Waals surface area contributed by atoms with Crippen LogP contribution < -0.4 is 0 Å². The van der Waals surface area contributed by atoms with Crippen LogP contribution in [0.15, 0.2) is 0 Å². The predicted molar refractivity (Wildman–Crippen MR) is 75.9 cm³/mol. The highest BCUT2D eigenvalue weighted by Gasteiger charge is 2.28. The van der Waals surface area contributed by atoms with E-state index >= 15 is 0 Å². The van der Waals surface area contributed by atoms with Gasteiger partial charge in [-0.15, -0.1) is 11.6 Å². The summed E-state index contributed by atoms with van der Waals surface area (Å²) in [5.74, 6) is 1.96. The Morgan fingerprint density at radius 2 is 1.89 bits per heavy atom. The molecule has 1 atom stereocenters. The summed E-state index contributed by atoms with van der Waals surface area (Å²) in [4.78, 5) is 14.4. The average molecular weight is 272 g/mol. The maximum absolute atomic E-state index is 12.3. The molecule has 104 valence electrons. The summed E-state index contributed by atoms with van der Waals surface area (Å²) >= 11 is 5.75. The minimum Gasteiger partial charge on any atom is -0.340 e. The number of halogens is 1. The Labute approximate surface area is 116 Å². The van der Waals surface area contributed by atoms with Gasteiger partial charge < -0.3 is 4.90 Å². The lowest BCUT2D eigenvalue weighted by atomic mass is 10.0. The Kier molecular flexibility index (Phi) is 5.81. The molecule has 1 aliphatic carbocycles. The highest BCUT2D eigenvalue weighted by atomic mass is 35.5. The molecule has 1 amide bonds. The van der Waals surface area contributed by atoms with Gasteiger partial charge in [-0.25, -0.2) is 0 Å². The first-order valence-corrected chi connectivity index (χ1v) is 8.20. The van der Waals surface area contributed by atoms with Gasteiger partial charge in [0.2, 0.25) is 5.91 Å². The molecule has 0 spiro atoms. The normalized spacial score (nSPS) is 24.9. The van der Waals surface area contributed by atoms with Crippen LogP contribution in [0.5, 0.6) is 0 Å². The minimum atomic E-state index is 0.402. The molecular weight excluding hydrogens is 246 g/mol. The fourth-order valence-electron chi connectivity index (χ4n) is 3.55. The molecular formula is C15H26ClNO. The van der Waals surface area contributed by atoms with Crippen LogP contribution in [0.3, 0.4) is 0 Å². The maximum Gasteiger partial charge on any atom is 0.222 e. The van der Waals surface area contributed by atoms with E-state index in [9.17, 15) is 4.79 Å². The van der Waals surface area contributed by atoms with E-state index in [-0.39, 0.29) is 0 Å². The molecule has 0 N–H and O–H groups in total. The van der Waals surface area contributed by atoms with Crippen LogP contribution in [0, 0.1) is 5.92 Å². The number of alkyl halides is 1. The molecule has 0 bridgehead atoms. The lowest BCUT2D eigenvalue weighted by molar-refractivity contribution is -0.132. The SMILES string of the molecule is O=C(CCC1CCCC1)N1CCCC1CCCCl. The van der Waals surface area contributed by atoms with Gasteiger partial charge in [0, 0.05) is 24.9 Å². The number of carbonyl (C=O) groups is 1. The van der Waals surface area contributed by atoms with E-state index in [2.05, 4.69) is 4.90 Å². The van der Waals surface area contributed by atoms with Crippen LogP contribution >= 0.6 is 11.6 Å². The van der Waals surface area contributed by atoms with Gasteiger partial charge in [-0.1, -0.05) is 25.7 Å². The molecule has 2 rings (SSSR count). The second-order valence-electron chi connectivity index (χ2n) is 5.90. The summed E-state index contributed by atoms with van der Waals surface area (Å²) in [7, 11) is 0. The maximum atomic E-state index is 12.3. The molecule has 1 heterocycles. The van der Waals surface area contributed by atoms with E-state index in [0.29, 0.717) is 11.9 Å². The van der Waals surface area contributed by atoms with E-state index in [1.54, 1.807) is 0 Å². The molecule has 0 aromatic heterocycles. The molecule has 1 saturated carbocycles. The van der Waals surface area contributed by atoms with Gasteiger partial charge in [0.15, 0.2) is 0 Å². The van der Waals surface area contributed by atoms with Gasteiger partial charge in [-0.2, -0.15) is 0 Å². The lowest BCUT2D eigenvalue weighted by Crippen LogP contribution is -2.35. The summed E-state index contributed by atoms with van der Waals surface area (Å²) in [6.45, 7) is 0.983. The Morgan fingerprint density at radius 3 is 2.61 bits per heavy atom. The smallest absolute Gasteiger partial charge is 0.222 e. The summed E-state index contributed by atoms with van der Waals surface area (Å²) < 4.78 is 0. The summed E-state index contributed by atoms with van der Waals surface area (Å²) in [6.07, 6.45) is 11.9. The molecule has 2 fully saturated rings. The number of nitrogens with zero attached hydrogens (tertiary/aromatic N) is 1. The standard InChI is InChI=1S/C15H26ClNO/c16-11-3-7-14-8-4-12-17(14)15(18)10-9-13-5-1-2-6-13/h13-14H,1-12H2. The second-order valence-corrected chi connectivity index (χ2v) is 6.28. The van der Waals surface area contributed by atoms with Crippen LogP contribution in [0.4, 0.5) is 0 Å². The summed E-state index contributed by atoms with van der Waals surface area (Å²) in [5.41, 5.74) is 0. The van der Waals surface area contributed by atoms with Gasteiger partial charge in [-0.05, 0) is 38.0 Å². The zero-order valence-corrected chi connectivity index (χ0v) is 12.1. The number of amides is 1. The van der Waals surface area contributed by atoms with Gasteiger partial charge >= 0.3 is 0 Å². The van der Waals surface area contributed by atoms with Crippen molar-refractivity contribution in [3.8, 4) is 0 Å². The van der Waals surface area contributed by atoms with Crippen LogP contribution in [0.1, 0.15) is 64.2 Å². The highest BCUT2D eigenvalue weighted by Crippen LogP contribution is 2.30. The van der Waals surface area contributed by atoms with Crippen molar-refractivity contribution in [3.63, 3.8) is 0 Å². The van der Waals surface area contributed by atoms with E-state index in [4.69, 9.17) is 11.6 Å². The summed E-state index contributed by atoms with van der Waals surface area (Å²) in [6, 6.07) is 0.486. The van der Waals surface area contributed by atoms with Crippen molar-refractivity contribution in [3.05, 3.63) is 0 Å². The first-order valence-electron chi connectivity index (χ1n) is 7.66. The highest BCUT2D eigenvalue weighted by molar-refractivity contribution is 6.17. The number of likely N-dealkylation sites (tertiary alicyclic amines) is 1. The molecule has 0 aromatic carbocycles. The minimum absolute atomic E-state index is 0.402. The third-order valence-corrected chi connectivity index (χ3v) is 4.88. The average Bonchev–Trinajstić information content (AvgIpc) is 3.04. The van der Waals surface area contributed by atoms with E-state index in [0.717, 1.165) is 44.0 Å². The monoisotopic (exact) mass is 271 g/mol. The van der Waals surface area contributed by atoms with Crippen molar-refractivity contribution in [2.45, 2.75) is 70.3 Å². The first kappa shape index (κ1) is 14.2. The molecule has 3 heteroatoms. The Bertz CT molecular complexity index is 263. The zero-order chi connectivity index (χ0) is 12.8. The summed E-state index contributed by atoms with van der Waals surface area (Å²) in [5, 5.41) is 0. The van der Waals surface area contributed by atoms with E-state index < -0.39 is 0 Å². The third kappa shape index (κ3) is 3.88. The van der Waals surface area contributed by atoms with Crippen molar-refractivity contribution in [1.29, 1.82) is 0 Å². The Morgan fingerprint density at radius 1 is 1.11 bits per heavy atom. The molecule has 1 saturated heterocycles. The quantitative estimate of drug-likeness (QED) is 0.670. The molecule has 0 aromatic rings. The van der Waals surface area contributed by atoms with Crippen LogP contribution in [0.2, 0.25) is 0 Å². The van der Waals surface area contributed by atoms with Gasteiger partial charge in [0.1, 0.15) is 0 Å². The lowest BCUT2D eigenvalue weighted by Gasteiger charge is -2.25. The molecule has 0 radical (unpaired) electrons. The van der Waals surface area contributed by atoms with Crippen molar-refractivity contribution in [1.82, 2.24) is 4.90 Å². The molecule has 1 unspecified atom stereocenters. The predicted octanol–water partition coefficient (Wildman–Crippen LogP) is 3.97. The molecule has 18 heavy (non-hydrogen) atoms. The van der Waals surface area contributed by atoms with Gasteiger partial charge in [0.05, 0.1) is 0 Å². The van der Waals surface area contributed by atoms with E-state index in [1.165, 1.54) is 38.5 Å².